The van der Waals surface area contributed by atoms with Crippen LogP contribution in [0.25, 0.3) is 11.1 Å². The van der Waals surface area contributed by atoms with E-state index in [1.165, 1.54) is 37.7 Å². The van der Waals surface area contributed by atoms with Crippen molar-refractivity contribution in [2.24, 2.45) is 0 Å². The lowest BCUT2D eigenvalue weighted by Crippen LogP contribution is -2.31. The zero-order valence-corrected chi connectivity index (χ0v) is 19.9. The van der Waals surface area contributed by atoms with Crippen molar-refractivity contribution in [2.75, 3.05) is 6.61 Å². The van der Waals surface area contributed by atoms with Crippen molar-refractivity contribution >= 4 is 5.97 Å². The summed E-state index contributed by atoms with van der Waals surface area (Å²) in [6.07, 6.45) is 6.50. The van der Waals surface area contributed by atoms with Gasteiger partial charge in [-0.1, -0.05) is 79.9 Å². The Kier molecular flexibility index (Phi) is 6.25. The molecule has 5 rings (SSSR count). The summed E-state index contributed by atoms with van der Waals surface area (Å²) in [6.45, 7) is 2.42. The van der Waals surface area contributed by atoms with E-state index in [0.717, 1.165) is 11.1 Å². The van der Waals surface area contributed by atoms with Gasteiger partial charge in [0.15, 0.2) is 5.76 Å². The molecule has 0 bridgehead atoms. The minimum absolute atomic E-state index is 0.514. The quantitative estimate of drug-likeness (QED) is 0.382. The number of benzene rings is 3. The normalized spacial score (nSPS) is 20.7. The van der Waals surface area contributed by atoms with E-state index in [-0.39, 0.29) is 0 Å². The van der Waals surface area contributed by atoms with Crippen LogP contribution in [-0.4, -0.2) is 22.8 Å². The second kappa shape index (κ2) is 9.49. The number of carbonyl (C=O) groups is 1. The predicted molar refractivity (Wildman–Crippen MR) is 134 cm³/mol. The van der Waals surface area contributed by atoms with Crippen LogP contribution in [-0.2, 0) is 15.1 Å². The van der Waals surface area contributed by atoms with E-state index in [9.17, 15) is 15.0 Å². The standard InChI is InChI=1S/C30H30O5/c1-2-34-26-18-16-25(17-19-26)30(28(32)27(31)29(33)35-30)24-14-12-23(13-15-24)22-10-8-21(9-11-22)20-6-4-3-5-7-20/h8-20,31-32H,2-7H2,1H3. The van der Waals surface area contributed by atoms with E-state index in [0.29, 0.717) is 29.4 Å². The zero-order chi connectivity index (χ0) is 24.4. The van der Waals surface area contributed by atoms with Gasteiger partial charge in [-0.25, -0.2) is 4.79 Å². The monoisotopic (exact) mass is 470 g/mol. The van der Waals surface area contributed by atoms with Crippen molar-refractivity contribution in [3.8, 4) is 16.9 Å². The van der Waals surface area contributed by atoms with Gasteiger partial charge in [0.05, 0.1) is 6.61 Å². The van der Waals surface area contributed by atoms with Gasteiger partial charge in [0, 0.05) is 11.1 Å². The van der Waals surface area contributed by atoms with Crippen LogP contribution >= 0.6 is 0 Å². The summed E-state index contributed by atoms with van der Waals surface area (Å²) in [5.74, 6) is -0.930. The van der Waals surface area contributed by atoms with Crippen LogP contribution in [0, 0.1) is 0 Å². The van der Waals surface area contributed by atoms with E-state index >= 15 is 0 Å². The second-order valence-corrected chi connectivity index (χ2v) is 9.26. The summed E-state index contributed by atoms with van der Waals surface area (Å²) in [4.78, 5) is 12.3. The van der Waals surface area contributed by atoms with Crippen molar-refractivity contribution in [3.05, 3.63) is 101 Å². The lowest BCUT2D eigenvalue weighted by molar-refractivity contribution is -0.147. The highest BCUT2D eigenvalue weighted by Crippen LogP contribution is 2.45. The van der Waals surface area contributed by atoms with Gasteiger partial charge in [0.25, 0.3) is 0 Å². The zero-order valence-electron chi connectivity index (χ0n) is 19.9. The second-order valence-electron chi connectivity index (χ2n) is 9.26. The number of rotatable bonds is 6. The first kappa shape index (κ1) is 23.0. The van der Waals surface area contributed by atoms with Crippen molar-refractivity contribution in [2.45, 2.75) is 50.5 Å². The van der Waals surface area contributed by atoms with Gasteiger partial charge in [-0.3, -0.25) is 0 Å². The topological polar surface area (TPSA) is 76.0 Å². The minimum atomic E-state index is -1.62. The summed E-state index contributed by atoms with van der Waals surface area (Å²) in [5.41, 5.74) is 2.96. The molecule has 5 heteroatoms. The SMILES string of the molecule is CCOc1ccc(C2(c3ccc(-c4ccc(C5CCCCC5)cc4)cc3)OC(=O)C(O)=C2O)cc1. The molecule has 5 nitrogen and oxygen atoms in total. The third kappa shape index (κ3) is 4.16. The van der Waals surface area contributed by atoms with Crippen LogP contribution in [0.15, 0.2) is 84.3 Å². The Labute approximate surface area is 205 Å². The first-order chi connectivity index (χ1) is 17.0. The molecule has 35 heavy (non-hydrogen) atoms. The number of aliphatic hydroxyl groups excluding tert-OH is 2. The first-order valence-electron chi connectivity index (χ1n) is 12.3. The van der Waals surface area contributed by atoms with Crippen molar-refractivity contribution in [1.29, 1.82) is 0 Å². The molecule has 180 valence electrons. The Morgan fingerprint density at radius 2 is 1.37 bits per heavy atom. The highest BCUT2D eigenvalue weighted by Gasteiger charge is 2.52. The molecule has 1 saturated carbocycles. The highest BCUT2D eigenvalue weighted by atomic mass is 16.6. The van der Waals surface area contributed by atoms with Crippen molar-refractivity contribution in [3.63, 3.8) is 0 Å². The lowest BCUT2D eigenvalue weighted by atomic mass is 9.83. The summed E-state index contributed by atoms with van der Waals surface area (Å²) < 4.78 is 11.1. The molecule has 1 heterocycles. The number of cyclic esters (lactones) is 1. The average Bonchev–Trinajstić information content (AvgIpc) is 3.15. The number of hydrogen-bond acceptors (Lipinski definition) is 5. The molecule has 3 aromatic carbocycles. The summed E-state index contributed by atoms with van der Waals surface area (Å²) >= 11 is 0. The molecule has 2 aliphatic rings. The van der Waals surface area contributed by atoms with Gasteiger partial charge in [0.1, 0.15) is 5.75 Å². The fourth-order valence-electron chi connectivity index (χ4n) is 5.29. The Hall–Kier alpha value is -3.73. The van der Waals surface area contributed by atoms with Gasteiger partial charge in [-0.2, -0.15) is 0 Å². The van der Waals surface area contributed by atoms with Crippen molar-refractivity contribution < 1.29 is 24.5 Å². The first-order valence-corrected chi connectivity index (χ1v) is 12.3. The molecule has 1 atom stereocenters. The molecule has 1 unspecified atom stereocenters. The van der Waals surface area contributed by atoms with Gasteiger partial charge in [0.2, 0.25) is 11.4 Å². The van der Waals surface area contributed by atoms with Gasteiger partial charge in [-0.15, -0.1) is 0 Å². The van der Waals surface area contributed by atoms with Gasteiger partial charge in [-0.05, 0) is 54.5 Å². The third-order valence-electron chi connectivity index (χ3n) is 7.18. The molecule has 1 aliphatic carbocycles. The molecule has 0 spiro atoms. The molecule has 2 N–H and O–H groups in total. The maximum absolute atomic E-state index is 12.3. The van der Waals surface area contributed by atoms with Crippen LogP contribution < -0.4 is 4.74 Å². The molecular weight excluding hydrogens is 440 g/mol. The Bertz CT molecular complexity index is 1220. The van der Waals surface area contributed by atoms with Crippen molar-refractivity contribution in [1.82, 2.24) is 0 Å². The maximum atomic E-state index is 12.3. The fourth-order valence-corrected chi connectivity index (χ4v) is 5.29. The van der Waals surface area contributed by atoms with E-state index in [1.54, 1.807) is 24.3 Å². The van der Waals surface area contributed by atoms with Crippen LogP contribution in [0.1, 0.15) is 61.6 Å². The number of ether oxygens (including phenoxy) is 2. The molecule has 0 radical (unpaired) electrons. The van der Waals surface area contributed by atoms with Gasteiger partial charge < -0.3 is 19.7 Å². The maximum Gasteiger partial charge on any atom is 0.378 e. The summed E-state index contributed by atoms with van der Waals surface area (Å²) in [5, 5.41) is 21.0. The molecular formula is C30H30O5. The number of aliphatic hydroxyl groups is 2. The Balaban J connectivity index is 1.47. The fraction of sp³-hybridized carbons (Fsp3) is 0.300. The average molecular weight is 471 g/mol. The van der Waals surface area contributed by atoms with Crippen LogP contribution in [0.2, 0.25) is 0 Å². The molecule has 3 aromatic rings. The predicted octanol–water partition coefficient (Wildman–Crippen LogP) is 6.93. The molecule has 1 fully saturated rings. The van der Waals surface area contributed by atoms with Crippen LogP contribution in [0.4, 0.5) is 0 Å². The van der Waals surface area contributed by atoms with Crippen LogP contribution in [0.5, 0.6) is 5.75 Å². The summed E-state index contributed by atoms with van der Waals surface area (Å²) in [6, 6.07) is 23.2. The molecule has 1 aliphatic heterocycles. The highest BCUT2D eigenvalue weighted by molar-refractivity contribution is 5.91. The lowest BCUT2D eigenvalue weighted by Gasteiger charge is -2.29. The number of carbonyl (C=O) groups excluding carboxylic acids is 1. The van der Waals surface area contributed by atoms with E-state index in [4.69, 9.17) is 9.47 Å². The van der Waals surface area contributed by atoms with Gasteiger partial charge >= 0.3 is 5.97 Å². The van der Waals surface area contributed by atoms with E-state index < -0.39 is 23.1 Å². The van der Waals surface area contributed by atoms with E-state index in [1.807, 2.05) is 31.2 Å². The molecule has 0 aromatic heterocycles. The summed E-state index contributed by atoms with van der Waals surface area (Å²) in [7, 11) is 0. The van der Waals surface area contributed by atoms with Crippen LogP contribution in [0.3, 0.4) is 0 Å². The smallest absolute Gasteiger partial charge is 0.378 e. The van der Waals surface area contributed by atoms with E-state index in [2.05, 4.69) is 24.3 Å². The minimum Gasteiger partial charge on any atom is -0.504 e. The molecule has 0 amide bonds. The number of hydrogen-bond donors (Lipinski definition) is 2. The largest absolute Gasteiger partial charge is 0.504 e. The Morgan fingerprint density at radius 3 is 1.89 bits per heavy atom. The Morgan fingerprint density at radius 1 is 0.829 bits per heavy atom. The third-order valence-corrected chi connectivity index (χ3v) is 7.18. The number of esters is 1. The molecule has 0 saturated heterocycles.